The molecule has 0 spiro atoms. The average molecular weight is 289 g/mol. The van der Waals surface area contributed by atoms with Gasteiger partial charge in [0.05, 0.1) is 0 Å². The van der Waals surface area contributed by atoms with Crippen LogP contribution in [0.15, 0.2) is 79.1 Å². The molecule has 0 aliphatic carbocycles. The number of hydrogen-bond acceptors (Lipinski definition) is 3. The number of carbonyl (C=O) groups is 1. The monoisotopic (exact) mass is 289 g/mol. The molecular formula is C19H15NO2. The highest BCUT2D eigenvalue weighted by Crippen LogP contribution is 2.17. The van der Waals surface area contributed by atoms with Gasteiger partial charge in [-0.3, -0.25) is 9.78 Å². The minimum absolute atomic E-state index is 0.0572. The molecule has 0 saturated carbocycles. The largest absolute Gasteiger partial charge is 0.489 e. The average Bonchev–Trinajstić information content (AvgIpc) is 2.61. The summed E-state index contributed by atoms with van der Waals surface area (Å²) in [4.78, 5) is 16.4. The second kappa shape index (κ2) is 6.68. The molecule has 108 valence electrons. The summed E-state index contributed by atoms with van der Waals surface area (Å²) < 4.78 is 5.75. The zero-order chi connectivity index (χ0) is 15.2. The van der Waals surface area contributed by atoms with Crippen molar-refractivity contribution in [1.29, 1.82) is 0 Å². The topological polar surface area (TPSA) is 39.2 Å². The van der Waals surface area contributed by atoms with E-state index in [-0.39, 0.29) is 5.78 Å². The van der Waals surface area contributed by atoms with Crippen molar-refractivity contribution in [3.8, 4) is 5.75 Å². The highest BCUT2D eigenvalue weighted by molar-refractivity contribution is 6.08. The van der Waals surface area contributed by atoms with E-state index in [1.54, 1.807) is 36.7 Å². The van der Waals surface area contributed by atoms with Crippen molar-refractivity contribution >= 4 is 5.78 Å². The Morgan fingerprint density at radius 3 is 2.50 bits per heavy atom. The number of aromatic nitrogens is 1. The van der Waals surface area contributed by atoms with Crippen molar-refractivity contribution in [3.63, 3.8) is 0 Å². The van der Waals surface area contributed by atoms with E-state index in [1.165, 1.54) is 0 Å². The highest BCUT2D eigenvalue weighted by Gasteiger charge is 2.09. The Morgan fingerprint density at radius 1 is 0.909 bits per heavy atom. The van der Waals surface area contributed by atoms with Crippen LogP contribution in [-0.4, -0.2) is 10.8 Å². The fourth-order valence-electron chi connectivity index (χ4n) is 2.13. The molecule has 0 atom stereocenters. The summed E-state index contributed by atoms with van der Waals surface area (Å²) in [5.74, 6) is 0.622. The fraction of sp³-hybridized carbons (Fsp3) is 0.0526. The van der Waals surface area contributed by atoms with Gasteiger partial charge in [-0.2, -0.15) is 0 Å². The van der Waals surface area contributed by atoms with E-state index in [1.807, 2.05) is 42.5 Å². The molecule has 0 aliphatic heterocycles. The fourth-order valence-corrected chi connectivity index (χ4v) is 2.13. The standard InChI is InChI=1S/C19H15NO2/c21-19(17-9-5-11-20-13-17)16-8-4-10-18(12-16)22-14-15-6-2-1-3-7-15/h1-13H,14H2. The molecule has 1 aromatic heterocycles. The Labute approximate surface area is 129 Å². The third kappa shape index (κ3) is 3.38. The number of ketones is 1. The van der Waals surface area contributed by atoms with Gasteiger partial charge in [0.2, 0.25) is 0 Å². The molecule has 3 nitrogen and oxygen atoms in total. The molecule has 0 aliphatic rings. The van der Waals surface area contributed by atoms with Gasteiger partial charge in [0.1, 0.15) is 12.4 Å². The lowest BCUT2D eigenvalue weighted by atomic mass is 10.1. The highest BCUT2D eigenvalue weighted by atomic mass is 16.5. The lowest BCUT2D eigenvalue weighted by Crippen LogP contribution is -2.02. The first-order chi connectivity index (χ1) is 10.8. The third-order valence-electron chi connectivity index (χ3n) is 3.27. The summed E-state index contributed by atoms with van der Waals surface area (Å²) in [6.07, 6.45) is 3.22. The van der Waals surface area contributed by atoms with Crippen LogP contribution in [0.2, 0.25) is 0 Å². The van der Waals surface area contributed by atoms with Crippen molar-refractivity contribution in [1.82, 2.24) is 4.98 Å². The molecule has 0 unspecified atom stereocenters. The molecule has 22 heavy (non-hydrogen) atoms. The molecule has 1 heterocycles. The maximum atomic E-state index is 12.4. The predicted octanol–water partition coefficient (Wildman–Crippen LogP) is 3.89. The summed E-state index contributed by atoms with van der Waals surface area (Å²) >= 11 is 0. The summed E-state index contributed by atoms with van der Waals surface area (Å²) in [7, 11) is 0. The number of ether oxygens (including phenoxy) is 1. The van der Waals surface area contributed by atoms with Gasteiger partial charge in [-0.25, -0.2) is 0 Å². The van der Waals surface area contributed by atoms with Crippen molar-refractivity contribution in [3.05, 3.63) is 95.8 Å². The molecule has 0 amide bonds. The van der Waals surface area contributed by atoms with Crippen LogP contribution in [-0.2, 0) is 6.61 Å². The first kappa shape index (κ1) is 14.0. The molecule has 0 radical (unpaired) electrons. The minimum atomic E-state index is -0.0572. The number of benzene rings is 2. The van der Waals surface area contributed by atoms with Crippen LogP contribution < -0.4 is 4.74 Å². The zero-order valence-corrected chi connectivity index (χ0v) is 12.0. The summed E-state index contributed by atoms with van der Waals surface area (Å²) in [5, 5.41) is 0. The Balaban J connectivity index is 1.74. The predicted molar refractivity (Wildman–Crippen MR) is 84.9 cm³/mol. The molecule has 3 aromatic rings. The Hall–Kier alpha value is -2.94. The molecule has 0 N–H and O–H groups in total. The van der Waals surface area contributed by atoms with Gasteiger partial charge in [0, 0.05) is 23.5 Å². The summed E-state index contributed by atoms with van der Waals surface area (Å²) in [6.45, 7) is 0.478. The first-order valence-corrected chi connectivity index (χ1v) is 7.04. The van der Waals surface area contributed by atoms with Gasteiger partial charge >= 0.3 is 0 Å². The van der Waals surface area contributed by atoms with Gasteiger partial charge in [0.15, 0.2) is 5.78 Å². The smallest absolute Gasteiger partial charge is 0.194 e. The quantitative estimate of drug-likeness (QED) is 0.669. The van der Waals surface area contributed by atoms with Crippen molar-refractivity contribution in [2.75, 3.05) is 0 Å². The number of carbonyl (C=O) groups excluding carboxylic acids is 1. The Kier molecular flexibility index (Phi) is 4.25. The van der Waals surface area contributed by atoms with Crippen molar-refractivity contribution in [2.45, 2.75) is 6.61 Å². The van der Waals surface area contributed by atoms with Crippen LogP contribution in [0.3, 0.4) is 0 Å². The van der Waals surface area contributed by atoms with Gasteiger partial charge in [-0.15, -0.1) is 0 Å². The summed E-state index contributed by atoms with van der Waals surface area (Å²) in [6, 6.07) is 20.7. The van der Waals surface area contributed by atoms with Crippen LogP contribution in [0.5, 0.6) is 5.75 Å². The van der Waals surface area contributed by atoms with Crippen LogP contribution in [0.1, 0.15) is 21.5 Å². The number of hydrogen-bond donors (Lipinski definition) is 0. The second-order valence-electron chi connectivity index (χ2n) is 4.87. The van der Waals surface area contributed by atoms with E-state index >= 15 is 0 Å². The maximum Gasteiger partial charge on any atom is 0.194 e. The van der Waals surface area contributed by atoms with E-state index in [2.05, 4.69) is 4.98 Å². The van der Waals surface area contributed by atoms with E-state index in [4.69, 9.17) is 4.74 Å². The van der Waals surface area contributed by atoms with Crippen LogP contribution in [0, 0.1) is 0 Å². The van der Waals surface area contributed by atoms with E-state index < -0.39 is 0 Å². The number of nitrogens with zero attached hydrogens (tertiary/aromatic N) is 1. The van der Waals surface area contributed by atoms with Gasteiger partial charge in [0.25, 0.3) is 0 Å². The van der Waals surface area contributed by atoms with Crippen LogP contribution >= 0.6 is 0 Å². The minimum Gasteiger partial charge on any atom is -0.489 e. The molecular weight excluding hydrogens is 274 g/mol. The Bertz CT molecular complexity index is 755. The molecule has 0 fully saturated rings. The van der Waals surface area contributed by atoms with E-state index in [9.17, 15) is 4.79 Å². The maximum absolute atomic E-state index is 12.4. The number of pyridine rings is 1. The lowest BCUT2D eigenvalue weighted by molar-refractivity contribution is 0.103. The Morgan fingerprint density at radius 2 is 1.73 bits per heavy atom. The van der Waals surface area contributed by atoms with Gasteiger partial charge in [-0.1, -0.05) is 42.5 Å². The van der Waals surface area contributed by atoms with E-state index in [0.29, 0.717) is 23.5 Å². The van der Waals surface area contributed by atoms with Gasteiger partial charge < -0.3 is 4.74 Å². The first-order valence-electron chi connectivity index (χ1n) is 7.04. The molecule has 0 bridgehead atoms. The van der Waals surface area contributed by atoms with Crippen LogP contribution in [0.4, 0.5) is 0 Å². The van der Waals surface area contributed by atoms with Crippen molar-refractivity contribution < 1.29 is 9.53 Å². The molecule has 2 aromatic carbocycles. The molecule has 3 rings (SSSR count). The van der Waals surface area contributed by atoms with Crippen LogP contribution in [0.25, 0.3) is 0 Å². The zero-order valence-electron chi connectivity index (χ0n) is 12.0. The number of rotatable bonds is 5. The third-order valence-corrected chi connectivity index (χ3v) is 3.27. The van der Waals surface area contributed by atoms with Crippen molar-refractivity contribution in [2.24, 2.45) is 0 Å². The summed E-state index contributed by atoms with van der Waals surface area (Å²) in [5.41, 5.74) is 2.26. The lowest BCUT2D eigenvalue weighted by Gasteiger charge is -2.08. The van der Waals surface area contributed by atoms with Gasteiger partial charge in [-0.05, 0) is 29.8 Å². The normalized spacial score (nSPS) is 10.2. The molecule has 3 heteroatoms. The molecule has 0 saturated heterocycles. The SMILES string of the molecule is O=C(c1cccnc1)c1cccc(OCc2ccccc2)c1. The second-order valence-corrected chi connectivity index (χ2v) is 4.87. The van der Waals surface area contributed by atoms with E-state index in [0.717, 1.165) is 5.56 Å².